The fourth-order valence-corrected chi connectivity index (χ4v) is 1.90. The highest BCUT2D eigenvalue weighted by molar-refractivity contribution is 6.03. The zero-order valence-electron chi connectivity index (χ0n) is 12.5. The zero-order valence-corrected chi connectivity index (χ0v) is 12.5. The van der Waals surface area contributed by atoms with E-state index in [1.807, 2.05) is 0 Å². The van der Waals surface area contributed by atoms with Gasteiger partial charge in [-0.15, -0.1) is 10.2 Å². The lowest BCUT2D eigenvalue weighted by molar-refractivity contribution is 0.102. The molecule has 2 aromatic rings. The molecule has 0 spiro atoms. The fourth-order valence-electron chi connectivity index (χ4n) is 1.90. The number of hydrogen-bond donors (Lipinski definition) is 2. The first kappa shape index (κ1) is 15.9. The van der Waals surface area contributed by atoms with E-state index in [9.17, 15) is 9.18 Å². The molecule has 0 fully saturated rings. The quantitative estimate of drug-likeness (QED) is 0.769. The summed E-state index contributed by atoms with van der Waals surface area (Å²) in [6, 6.07) is 8.89. The van der Waals surface area contributed by atoms with E-state index in [0.717, 1.165) is 13.0 Å². The van der Waals surface area contributed by atoms with Crippen LogP contribution in [0.25, 0.3) is 0 Å². The maximum absolute atomic E-state index is 13.1. The molecule has 6 heteroatoms. The van der Waals surface area contributed by atoms with Crippen molar-refractivity contribution in [3.63, 3.8) is 0 Å². The van der Waals surface area contributed by atoms with E-state index in [0.29, 0.717) is 11.6 Å². The number of nitrogens with one attached hydrogen (secondary N) is 2. The van der Waals surface area contributed by atoms with Gasteiger partial charge in [0.05, 0.1) is 0 Å². The molecule has 22 heavy (non-hydrogen) atoms. The van der Waals surface area contributed by atoms with Gasteiger partial charge < -0.3 is 10.6 Å². The topological polar surface area (TPSA) is 66.9 Å². The molecule has 0 radical (unpaired) electrons. The van der Waals surface area contributed by atoms with E-state index in [-0.39, 0.29) is 5.56 Å². The highest BCUT2D eigenvalue weighted by atomic mass is 19.1. The summed E-state index contributed by atoms with van der Waals surface area (Å²) >= 11 is 0. The van der Waals surface area contributed by atoms with E-state index in [2.05, 4.69) is 27.8 Å². The Labute approximate surface area is 129 Å². The zero-order chi connectivity index (χ0) is 15.8. The van der Waals surface area contributed by atoms with Gasteiger partial charge in [-0.3, -0.25) is 4.79 Å². The predicted octanol–water partition coefficient (Wildman–Crippen LogP) is 3.47. The monoisotopic (exact) mass is 302 g/mol. The van der Waals surface area contributed by atoms with Crippen LogP contribution >= 0.6 is 0 Å². The third-order valence-electron chi connectivity index (χ3n) is 3.08. The van der Waals surface area contributed by atoms with Gasteiger partial charge in [-0.05, 0) is 36.8 Å². The first-order valence-corrected chi connectivity index (χ1v) is 7.33. The minimum atomic E-state index is -0.453. The van der Waals surface area contributed by atoms with Crippen LogP contribution in [-0.2, 0) is 0 Å². The Kier molecular flexibility index (Phi) is 5.82. The van der Waals surface area contributed by atoms with Gasteiger partial charge in [0.25, 0.3) is 5.91 Å². The van der Waals surface area contributed by atoms with Crippen molar-refractivity contribution in [2.75, 3.05) is 17.2 Å². The molecular weight excluding hydrogens is 283 g/mol. The second kappa shape index (κ2) is 8.07. The number of amides is 1. The number of carbonyl (C=O) groups is 1. The van der Waals surface area contributed by atoms with Crippen molar-refractivity contribution in [3.05, 3.63) is 47.8 Å². The van der Waals surface area contributed by atoms with Crippen molar-refractivity contribution in [1.29, 1.82) is 0 Å². The lowest BCUT2D eigenvalue weighted by Crippen LogP contribution is -2.14. The molecule has 0 aliphatic carbocycles. The Balaban J connectivity index is 1.89. The van der Waals surface area contributed by atoms with Crippen LogP contribution < -0.4 is 10.6 Å². The number of anilines is 2. The van der Waals surface area contributed by atoms with Crippen molar-refractivity contribution < 1.29 is 9.18 Å². The molecule has 116 valence electrons. The number of hydrogen-bond acceptors (Lipinski definition) is 4. The molecule has 5 nitrogen and oxygen atoms in total. The smallest absolute Gasteiger partial charge is 0.256 e. The summed E-state index contributed by atoms with van der Waals surface area (Å²) < 4.78 is 13.1. The molecule has 1 aromatic carbocycles. The summed E-state index contributed by atoms with van der Waals surface area (Å²) in [4.78, 5) is 11.9. The molecule has 1 aromatic heterocycles. The number of aromatic nitrogens is 2. The summed E-state index contributed by atoms with van der Waals surface area (Å²) in [7, 11) is 0. The molecule has 2 rings (SSSR count). The van der Waals surface area contributed by atoms with E-state index in [1.54, 1.807) is 12.1 Å². The van der Waals surface area contributed by atoms with E-state index in [4.69, 9.17) is 0 Å². The van der Waals surface area contributed by atoms with Gasteiger partial charge in [-0.25, -0.2) is 4.39 Å². The van der Waals surface area contributed by atoms with Crippen LogP contribution in [0, 0.1) is 5.82 Å². The molecular formula is C16H19FN4O. The number of halogens is 1. The first-order chi connectivity index (χ1) is 10.7. The van der Waals surface area contributed by atoms with Crippen LogP contribution in [0.15, 0.2) is 36.4 Å². The Morgan fingerprint density at radius 1 is 1.14 bits per heavy atom. The third kappa shape index (κ3) is 4.80. The van der Waals surface area contributed by atoms with Gasteiger partial charge >= 0.3 is 0 Å². The normalized spacial score (nSPS) is 10.3. The standard InChI is InChI=1S/C16H19FN4O/c1-2-3-4-10-18-14-8-9-15(21-20-14)19-16(22)12-6-5-7-13(17)11-12/h5-9,11H,2-4,10H2,1H3,(H,18,20)(H,19,21,22). The minimum Gasteiger partial charge on any atom is -0.369 e. The van der Waals surface area contributed by atoms with E-state index >= 15 is 0 Å². The highest BCUT2D eigenvalue weighted by Gasteiger charge is 2.08. The SMILES string of the molecule is CCCCCNc1ccc(NC(=O)c2cccc(F)c2)nn1. The van der Waals surface area contributed by atoms with Crippen molar-refractivity contribution in [1.82, 2.24) is 10.2 Å². The molecule has 1 amide bonds. The average Bonchev–Trinajstić information content (AvgIpc) is 2.53. The van der Waals surface area contributed by atoms with Crippen LogP contribution in [0.4, 0.5) is 16.0 Å². The molecule has 0 unspecified atom stereocenters. The van der Waals surface area contributed by atoms with Crippen LogP contribution in [-0.4, -0.2) is 22.6 Å². The maximum atomic E-state index is 13.1. The van der Waals surface area contributed by atoms with Crippen molar-refractivity contribution in [3.8, 4) is 0 Å². The molecule has 2 N–H and O–H groups in total. The largest absolute Gasteiger partial charge is 0.369 e. The summed E-state index contributed by atoms with van der Waals surface area (Å²) in [6.45, 7) is 2.99. The van der Waals surface area contributed by atoms with Crippen LogP contribution in [0.3, 0.4) is 0 Å². The van der Waals surface area contributed by atoms with Gasteiger partial charge in [0.15, 0.2) is 5.82 Å². The van der Waals surface area contributed by atoms with Crippen molar-refractivity contribution in [2.45, 2.75) is 26.2 Å². The van der Waals surface area contributed by atoms with Crippen LogP contribution in [0.1, 0.15) is 36.5 Å². The molecule has 0 atom stereocenters. The number of benzene rings is 1. The molecule has 0 aliphatic rings. The van der Waals surface area contributed by atoms with Gasteiger partial charge in [0.2, 0.25) is 0 Å². The van der Waals surface area contributed by atoms with Gasteiger partial charge in [-0.2, -0.15) is 0 Å². The number of unbranched alkanes of at least 4 members (excludes halogenated alkanes) is 2. The number of rotatable bonds is 7. The van der Waals surface area contributed by atoms with Crippen molar-refractivity contribution in [2.24, 2.45) is 0 Å². The van der Waals surface area contributed by atoms with Gasteiger partial charge in [0, 0.05) is 12.1 Å². The summed E-state index contributed by atoms with van der Waals surface area (Å²) in [6.07, 6.45) is 3.41. The van der Waals surface area contributed by atoms with Gasteiger partial charge in [0.1, 0.15) is 11.6 Å². The molecule has 0 saturated carbocycles. The second-order valence-electron chi connectivity index (χ2n) is 4.90. The molecule has 0 aliphatic heterocycles. The number of nitrogens with zero attached hydrogens (tertiary/aromatic N) is 2. The van der Waals surface area contributed by atoms with E-state index < -0.39 is 11.7 Å². The fraction of sp³-hybridized carbons (Fsp3) is 0.312. The average molecular weight is 302 g/mol. The summed E-state index contributed by atoms with van der Waals surface area (Å²) in [5.41, 5.74) is 0.239. The minimum absolute atomic E-state index is 0.239. The van der Waals surface area contributed by atoms with Crippen molar-refractivity contribution >= 4 is 17.5 Å². The number of carbonyl (C=O) groups excluding carboxylic acids is 1. The second-order valence-corrected chi connectivity index (χ2v) is 4.90. The predicted molar refractivity (Wildman–Crippen MR) is 84.4 cm³/mol. The Bertz CT molecular complexity index is 616. The first-order valence-electron chi connectivity index (χ1n) is 7.33. The summed E-state index contributed by atoms with van der Waals surface area (Å²) in [5, 5.41) is 13.7. The lowest BCUT2D eigenvalue weighted by Gasteiger charge is -2.06. The van der Waals surface area contributed by atoms with Crippen LogP contribution in [0.2, 0.25) is 0 Å². The highest BCUT2D eigenvalue weighted by Crippen LogP contribution is 2.10. The molecule has 0 saturated heterocycles. The van der Waals surface area contributed by atoms with Gasteiger partial charge in [-0.1, -0.05) is 25.8 Å². The summed E-state index contributed by atoms with van der Waals surface area (Å²) in [5.74, 6) is 0.121. The van der Waals surface area contributed by atoms with E-state index in [1.165, 1.54) is 37.1 Å². The lowest BCUT2D eigenvalue weighted by atomic mass is 10.2. The van der Waals surface area contributed by atoms with Crippen LogP contribution in [0.5, 0.6) is 0 Å². The third-order valence-corrected chi connectivity index (χ3v) is 3.08. The Hall–Kier alpha value is -2.50. The Morgan fingerprint density at radius 2 is 1.91 bits per heavy atom. The molecule has 0 bridgehead atoms. The maximum Gasteiger partial charge on any atom is 0.256 e. The Morgan fingerprint density at radius 3 is 2.59 bits per heavy atom. The molecule has 1 heterocycles.